The lowest BCUT2D eigenvalue weighted by atomic mass is 9.88. The summed E-state index contributed by atoms with van der Waals surface area (Å²) in [5, 5.41) is 11.8. The summed E-state index contributed by atoms with van der Waals surface area (Å²) in [6.45, 7) is 33.9. The summed E-state index contributed by atoms with van der Waals surface area (Å²) in [7, 11) is 1.99. The highest BCUT2D eigenvalue weighted by molar-refractivity contribution is 7.06. The van der Waals surface area contributed by atoms with Crippen molar-refractivity contribution in [1.82, 2.24) is 24.5 Å². The number of hydrogen-bond acceptors (Lipinski definition) is 7. The number of nitrogens with zero attached hydrogens (tertiary/aromatic N) is 5. The minimum absolute atomic E-state index is 0.0846. The van der Waals surface area contributed by atoms with E-state index in [4.69, 9.17) is 9.05 Å². The highest BCUT2D eigenvalue weighted by Gasteiger charge is 2.20. The third-order valence-electron chi connectivity index (χ3n) is 6.06. The monoisotopic (exact) mass is 585 g/mol. The van der Waals surface area contributed by atoms with Gasteiger partial charge in [0.2, 0.25) is 0 Å². The molecule has 0 N–H and O–H groups in total. The summed E-state index contributed by atoms with van der Waals surface area (Å²) in [6.07, 6.45) is 1.79. The Balaban J connectivity index is 0.000000274. The van der Waals surface area contributed by atoms with E-state index in [-0.39, 0.29) is 21.7 Å². The van der Waals surface area contributed by atoms with E-state index in [2.05, 4.69) is 115 Å². The molecule has 4 aromatic heterocycles. The van der Waals surface area contributed by atoms with Gasteiger partial charge in [-0.1, -0.05) is 93.4 Å². The first-order valence-electron chi connectivity index (χ1n) is 14.2. The number of hydrogen-bond donors (Lipinski definition) is 0. The molecular formula is C33H55N5O2S. The normalized spacial score (nSPS) is 12.0. The number of rotatable bonds is 0. The van der Waals surface area contributed by atoms with Gasteiger partial charge in [0.15, 0.2) is 0 Å². The average Bonchev–Trinajstić information content (AvgIpc) is 3.56. The van der Waals surface area contributed by atoms with Crippen molar-refractivity contribution < 1.29 is 9.05 Å². The molecule has 230 valence electrons. The highest BCUT2D eigenvalue weighted by atomic mass is 32.1. The molecule has 0 aromatic carbocycles. The fraction of sp³-hybridized carbons (Fsp3) is 0.636. The minimum atomic E-state index is 0.0846. The minimum Gasteiger partial charge on any atom is -0.361 e. The van der Waals surface area contributed by atoms with Crippen molar-refractivity contribution in [2.75, 3.05) is 0 Å². The van der Waals surface area contributed by atoms with Gasteiger partial charge < -0.3 is 9.05 Å². The molecule has 0 unspecified atom stereocenters. The van der Waals surface area contributed by atoms with Crippen molar-refractivity contribution in [1.29, 1.82) is 0 Å². The van der Waals surface area contributed by atoms with Gasteiger partial charge in [-0.3, -0.25) is 4.68 Å². The average molecular weight is 586 g/mol. The van der Waals surface area contributed by atoms with Gasteiger partial charge in [-0.05, 0) is 62.2 Å². The molecule has 0 atom stereocenters. The maximum absolute atomic E-state index is 5.08. The smallest absolute Gasteiger partial charge is 0.142 e. The first-order valence-corrected chi connectivity index (χ1v) is 15.0. The van der Waals surface area contributed by atoms with Gasteiger partial charge in [0.05, 0.1) is 23.3 Å². The van der Waals surface area contributed by atoms with Gasteiger partial charge in [0, 0.05) is 40.1 Å². The third kappa shape index (κ3) is 12.3. The van der Waals surface area contributed by atoms with E-state index < -0.39 is 0 Å². The van der Waals surface area contributed by atoms with Gasteiger partial charge in [0.1, 0.15) is 11.5 Å². The molecule has 7 nitrogen and oxygen atoms in total. The number of aryl methyl sites for hydroxylation is 5. The van der Waals surface area contributed by atoms with E-state index in [1.807, 2.05) is 45.5 Å². The molecule has 0 aliphatic carbocycles. The Labute approximate surface area is 253 Å². The van der Waals surface area contributed by atoms with Gasteiger partial charge in [-0.2, -0.15) is 9.47 Å². The molecule has 0 aliphatic heterocycles. The van der Waals surface area contributed by atoms with E-state index in [9.17, 15) is 0 Å². The fourth-order valence-electron chi connectivity index (χ4n) is 3.77. The lowest BCUT2D eigenvalue weighted by Gasteiger charge is -2.17. The Morgan fingerprint density at radius 3 is 1.44 bits per heavy atom. The Bertz CT molecular complexity index is 1280. The summed E-state index contributed by atoms with van der Waals surface area (Å²) >= 11 is 1.61. The predicted octanol–water partition coefficient (Wildman–Crippen LogP) is 9.34. The molecule has 0 fully saturated rings. The van der Waals surface area contributed by atoms with E-state index in [1.54, 1.807) is 17.7 Å². The molecule has 4 aromatic rings. The van der Waals surface area contributed by atoms with Crippen LogP contribution in [0.1, 0.15) is 128 Å². The van der Waals surface area contributed by atoms with Crippen LogP contribution in [0.3, 0.4) is 0 Å². The van der Waals surface area contributed by atoms with Crippen LogP contribution >= 0.6 is 11.5 Å². The van der Waals surface area contributed by atoms with Gasteiger partial charge in [-0.15, -0.1) is 0 Å². The van der Waals surface area contributed by atoms with Crippen LogP contribution in [0.2, 0.25) is 0 Å². The summed E-state index contributed by atoms with van der Waals surface area (Å²) < 4.78 is 16.2. The van der Waals surface area contributed by atoms with Crippen LogP contribution in [-0.2, 0) is 28.7 Å². The molecule has 4 heterocycles. The predicted molar refractivity (Wildman–Crippen MR) is 172 cm³/mol. The lowest BCUT2D eigenvalue weighted by molar-refractivity contribution is 0.327. The zero-order valence-electron chi connectivity index (χ0n) is 28.8. The summed E-state index contributed by atoms with van der Waals surface area (Å²) in [5.74, 6) is 1.87. The molecule has 0 aliphatic rings. The molecule has 0 saturated heterocycles. The Morgan fingerprint density at radius 2 is 1.24 bits per heavy atom. The zero-order valence-corrected chi connectivity index (χ0v) is 29.6. The van der Waals surface area contributed by atoms with Gasteiger partial charge in [0.25, 0.3) is 0 Å². The van der Waals surface area contributed by atoms with Crippen LogP contribution < -0.4 is 0 Å². The topological polar surface area (TPSA) is 82.8 Å². The van der Waals surface area contributed by atoms with Gasteiger partial charge in [-0.25, -0.2) is 0 Å². The summed E-state index contributed by atoms with van der Waals surface area (Å²) in [5.41, 5.74) is 6.37. The van der Waals surface area contributed by atoms with E-state index in [0.717, 1.165) is 28.6 Å². The van der Waals surface area contributed by atoms with Crippen LogP contribution in [0, 0.1) is 27.7 Å². The van der Waals surface area contributed by atoms with Crippen LogP contribution in [0.25, 0.3) is 0 Å². The van der Waals surface area contributed by atoms with Gasteiger partial charge >= 0.3 is 0 Å². The molecule has 0 bridgehead atoms. The first-order chi connectivity index (χ1) is 18.4. The fourth-order valence-corrected chi connectivity index (χ4v) is 4.56. The Morgan fingerprint density at radius 1 is 0.659 bits per heavy atom. The summed E-state index contributed by atoms with van der Waals surface area (Å²) in [6, 6.07) is 6.27. The Kier molecular flexibility index (Phi) is 12.3. The second-order valence-electron chi connectivity index (χ2n) is 14.8. The largest absolute Gasteiger partial charge is 0.361 e. The number of aromatic nitrogens is 5. The molecule has 0 radical (unpaired) electrons. The third-order valence-corrected chi connectivity index (χ3v) is 7.37. The maximum atomic E-state index is 5.08. The maximum Gasteiger partial charge on any atom is 0.142 e. The van der Waals surface area contributed by atoms with Crippen molar-refractivity contribution in [3.63, 3.8) is 0 Å². The van der Waals surface area contributed by atoms with Crippen LogP contribution in [0.4, 0.5) is 0 Å². The van der Waals surface area contributed by atoms with E-state index >= 15 is 0 Å². The van der Waals surface area contributed by atoms with Crippen molar-refractivity contribution in [2.45, 2.75) is 132 Å². The molecular weight excluding hydrogens is 530 g/mol. The molecule has 0 saturated carbocycles. The van der Waals surface area contributed by atoms with Crippen LogP contribution in [-0.4, -0.2) is 24.5 Å². The van der Waals surface area contributed by atoms with Crippen LogP contribution in [0.5, 0.6) is 0 Å². The molecule has 0 amide bonds. The molecule has 4 rings (SSSR count). The summed E-state index contributed by atoms with van der Waals surface area (Å²) in [4.78, 5) is 1.37. The molecule has 41 heavy (non-hydrogen) atoms. The van der Waals surface area contributed by atoms with E-state index in [1.165, 1.54) is 16.1 Å². The van der Waals surface area contributed by atoms with E-state index in [0.29, 0.717) is 0 Å². The van der Waals surface area contributed by atoms with Crippen molar-refractivity contribution in [2.24, 2.45) is 7.05 Å². The lowest BCUT2D eigenvalue weighted by Crippen LogP contribution is -2.16. The van der Waals surface area contributed by atoms with Crippen LogP contribution in [0.15, 0.2) is 33.4 Å². The Hall–Kier alpha value is -2.74. The van der Waals surface area contributed by atoms with Crippen molar-refractivity contribution in [3.8, 4) is 0 Å². The quantitative estimate of drug-likeness (QED) is 0.204. The molecule has 8 heteroatoms. The first kappa shape index (κ1) is 36.3. The second kappa shape index (κ2) is 14.0. The van der Waals surface area contributed by atoms with Crippen molar-refractivity contribution in [3.05, 3.63) is 69.1 Å². The standard InChI is InChI=1S/C9H16N2.2C8H13NO.C8H13NS/c1-7-6-8(9(2,3)4)11(5)10-7;1-6-7(5-9-10-6)8(2,3)4;2*1-6-5-7(10-9-6)8(2,3)4/h6H,1-5H3;3*5H,1-4H3. The SMILES string of the molecule is Cc1cc(C(C)(C)C)n(C)n1.Cc1cc(C(C)(C)C)on1.Cc1cc(C(C)(C)C)sn1.Cc1oncc1C(C)(C)C. The second-order valence-corrected chi connectivity index (χ2v) is 15.6. The molecule has 0 spiro atoms. The highest BCUT2D eigenvalue weighted by Crippen LogP contribution is 2.26. The zero-order chi connectivity index (χ0) is 32.0. The van der Waals surface area contributed by atoms with Crippen molar-refractivity contribution >= 4 is 11.5 Å².